The van der Waals surface area contributed by atoms with Crippen molar-refractivity contribution in [1.82, 2.24) is 25.4 Å². The molecule has 1 aliphatic rings. The predicted molar refractivity (Wildman–Crippen MR) is 107 cm³/mol. The fraction of sp³-hybridized carbons (Fsp3) is 0.500. The Kier molecular flexibility index (Phi) is 6.28. The summed E-state index contributed by atoms with van der Waals surface area (Å²) in [5, 5.41) is 10.4. The molecule has 0 unspecified atom stereocenters. The molecule has 8 heteroatoms. The quantitative estimate of drug-likeness (QED) is 0.699. The van der Waals surface area contributed by atoms with Crippen molar-refractivity contribution < 1.29 is 9.59 Å². The number of carbonyl (C=O) groups excluding carboxylic acids is 2. The summed E-state index contributed by atoms with van der Waals surface area (Å²) in [4.78, 5) is 28.6. The summed E-state index contributed by atoms with van der Waals surface area (Å²) in [6.45, 7) is 4.67. The first-order valence-electron chi connectivity index (χ1n) is 9.72. The van der Waals surface area contributed by atoms with Crippen molar-refractivity contribution in [3.05, 3.63) is 41.3 Å². The molecular formula is C20H28N6O2. The summed E-state index contributed by atoms with van der Waals surface area (Å²) in [5.74, 6) is 0.418. The average Bonchev–Trinajstić information content (AvgIpc) is 2.96. The van der Waals surface area contributed by atoms with Gasteiger partial charge in [0.2, 0.25) is 5.91 Å². The number of amides is 2. The minimum atomic E-state index is -0.219. The zero-order chi connectivity index (χ0) is 20.1. The summed E-state index contributed by atoms with van der Waals surface area (Å²) in [7, 11) is 0. The molecule has 4 N–H and O–H groups in total. The lowest BCUT2D eigenvalue weighted by molar-refractivity contribution is -0.122. The Labute approximate surface area is 164 Å². The van der Waals surface area contributed by atoms with Crippen LogP contribution in [0, 0.1) is 19.8 Å². The van der Waals surface area contributed by atoms with Crippen molar-refractivity contribution in [3.63, 3.8) is 0 Å². The molecule has 1 aliphatic carbocycles. The molecular weight excluding hydrogens is 356 g/mol. The lowest BCUT2D eigenvalue weighted by atomic mass is 9.85. The number of rotatable bonds is 6. The Hall–Kier alpha value is -2.90. The third-order valence-corrected chi connectivity index (χ3v) is 5.10. The maximum atomic E-state index is 12.4. The SMILES string of the molecule is Cc1cc(C)n(CC(=O)N[C@H]2CCC[C@@H](CNC(=O)c3cccc(N)n3)C2)n1. The molecule has 0 bridgehead atoms. The van der Waals surface area contributed by atoms with Gasteiger partial charge in [0.15, 0.2) is 0 Å². The zero-order valence-electron chi connectivity index (χ0n) is 16.4. The predicted octanol–water partition coefficient (Wildman–Crippen LogP) is 1.58. The van der Waals surface area contributed by atoms with Gasteiger partial charge in [-0.25, -0.2) is 4.98 Å². The van der Waals surface area contributed by atoms with Crippen LogP contribution in [-0.2, 0) is 11.3 Å². The van der Waals surface area contributed by atoms with Crippen LogP contribution in [-0.4, -0.2) is 39.2 Å². The monoisotopic (exact) mass is 384 g/mol. The van der Waals surface area contributed by atoms with Crippen molar-refractivity contribution in [2.75, 3.05) is 12.3 Å². The Morgan fingerprint density at radius 3 is 2.82 bits per heavy atom. The lowest BCUT2D eigenvalue weighted by Gasteiger charge is -2.30. The second kappa shape index (κ2) is 8.86. The number of pyridine rings is 1. The van der Waals surface area contributed by atoms with Crippen molar-refractivity contribution in [3.8, 4) is 0 Å². The van der Waals surface area contributed by atoms with Crippen LogP contribution in [0.2, 0.25) is 0 Å². The maximum Gasteiger partial charge on any atom is 0.269 e. The van der Waals surface area contributed by atoms with Crippen LogP contribution < -0.4 is 16.4 Å². The number of nitrogens with two attached hydrogens (primary N) is 1. The molecule has 8 nitrogen and oxygen atoms in total. The molecule has 2 aromatic rings. The zero-order valence-corrected chi connectivity index (χ0v) is 16.4. The first-order chi connectivity index (χ1) is 13.4. The van der Waals surface area contributed by atoms with Gasteiger partial charge in [0.05, 0.1) is 5.69 Å². The molecule has 2 atom stereocenters. The topological polar surface area (TPSA) is 115 Å². The summed E-state index contributed by atoms with van der Waals surface area (Å²) >= 11 is 0. The standard InChI is InChI=1S/C20H28N6O2/c1-13-9-14(2)26(25-13)12-19(27)23-16-6-3-5-15(10-16)11-22-20(28)17-7-4-8-18(21)24-17/h4,7-9,15-16H,3,5-6,10-12H2,1-2H3,(H2,21,24)(H,22,28)(H,23,27)/t15-,16+/m1/s1. The average molecular weight is 384 g/mol. The molecule has 2 amide bonds. The molecule has 0 aromatic carbocycles. The van der Waals surface area contributed by atoms with E-state index in [-0.39, 0.29) is 24.4 Å². The highest BCUT2D eigenvalue weighted by molar-refractivity contribution is 5.92. The number of aryl methyl sites for hydroxylation is 2. The number of nitrogens with one attached hydrogen (secondary N) is 2. The summed E-state index contributed by atoms with van der Waals surface area (Å²) < 4.78 is 1.73. The van der Waals surface area contributed by atoms with Gasteiger partial charge in [-0.15, -0.1) is 0 Å². The van der Waals surface area contributed by atoms with Gasteiger partial charge < -0.3 is 16.4 Å². The van der Waals surface area contributed by atoms with E-state index in [1.807, 2.05) is 19.9 Å². The van der Waals surface area contributed by atoms with E-state index in [1.54, 1.807) is 22.9 Å². The van der Waals surface area contributed by atoms with Crippen molar-refractivity contribution in [2.45, 2.75) is 52.1 Å². The lowest BCUT2D eigenvalue weighted by Crippen LogP contribution is -2.42. The summed E-state index contributed by atoms with van der Waals surface area (Å²) in [6.07, 6.45) is 3.88. The minimum Gasteiger partial charge on any atom is -0.384 e. The summed E-state index contributed by atoms with van der Waals surface area (Å²) in [5.41, 5.74) is 7.84. The normalized spacial score (nSPS) is 19.2. The van der Waals surface area contributed by atoms with E-state index in [4.69, 9.17) is 5.73 Å². The van der Waals surface area contributed by atoms with Gasteiger partial charge in [0, 0.05) is 18.3 Å². The highest BCUT2D eigenvalue weighted by Gasteiger charge is 2.24. The van der Waals surface area contributed by atoms with Crippen LogP contribution in [0.25, 0.3) is 0 Å². The fourth-order valence-electron chi connectivity index (χ4n) is 3.76. The van der Waals surface area contributed by atoms with Gasteiger partial charge in [-0.3, -0.25) is 14.3 Å². The first kappa shape index (κ1) is 19.9. The Morgan fingerprint density at radius 1 is 1.29 bits per heavy atom. The third-order valence-electron chi connectivity index (χ3n) is 5.10. The number of nitrogens with zero attached hydrogens (tertiary/aromatic N) is 3. The molecule has 150 valence electrons. The molecule has 0 aliphatic heterocycles. The molecule has 1 saturated carbocycles. The van der Waals surface area contributed by atoms with Gasteiger partial charge in [0.25, 0.3) is 5.91 Å². The molecule has 0 radical (unpaired) electrons. The maximum absolute atomic E-state index is 12.4. The molecule has 28 heavy (non-hydrogen) atoms. The second-order valence-electron chi connectivity index (χ2n) is 7.54. The van der Waals surface area contributed by atoms with Gasteiger partial charge in [-0.1, -0.05) is 12.5 Å². The number of hydrogen-bond acceptors (Lipinski definition) is 5. The molecule has 0 spiro atoms. The molecule has 3 rings (SSSR count). The number of anilines is 1. The number of aromatic nitrogens is 3. The van der Waals surface area contributed by atoms with E-state index in [9.17, 15) is 9.59 Å². The largest absolute Gasteiger partial charge is 0.384 e. The van der Waals surface area contributed by atoms with E-state index >= 15 is 0 Å². The van der Waals surface area contributed by atoms with Crippen LogP contribution in [0.5, 0.6) is 0 Å². The van der Waals surface area contributed by atoms with E-state index < -0.39 is 0 Å². The first-order valence-corrected chi connectivity index (χ1v) is 9.72. The van der Waals surface area contributed by atoms with E-state index in [0.29, 0.717) is 24.0 Å². The molecule has 1 fully saturated rings. The molecule has 2 heterocycles. The van der Waals surface area contributed by atoms with Crippen molar-refractivity contribution >= 4 is 17.6 Å². The van der Waals surface area contributed by atoms with Crippen molar-refractivity contribution in [1.29, 1.82) is 0 Å². The number of nitrogen functional groups attached to an aromatic ring is 1. The third kappa shape index (κ3) is 5.31. The van der Waals surface area contributed by atoms with Crippen LogP contribution in [0.1, 0.15) is 47.6 Å². The Morgan fingerprint density at radius 2 is 2.11 bits per heavy atom. The van der Waals surface area contributed by atoms with E-state index in [2.05, 4.69) is 20.7 Å². The highest BCUT2D eigenvalue weighted by atomic mass is 16.2. The van der Waals surface area contributed by atoms with Crippen LogP contribution in [0.4, 0.5) is 5.82 Å². The summed E-state index contributed by atoms with van der Waals surface area (Å²) in [6, 6.07) is 7.10. The highest BCUT2D eigenvalue weighted by Crippen LogP contribution is 2.24. The van der Waals surface area contributed by atoms with Crippen LogP contribution >= 0.6 is 0 Å². The Balaban J connectivity index is 1.46. The van der Waals surface area contributed by atoms with Crippen LogP contribution in [0.15, 0.2) is 24.3 Å². The van der Waals surface area contributed by atoms with Gasteiger partial charge in [0.1, 0.15) is 18.1 Å². The van der Waals surface area contributed by atoms with Gasteiger partial charge >= 0.3 is 0 Å². The fourth-order valence-corrected chi connectivity index (χ4v) is 3.76. The molecule has 0 saturated heterocycles. The molecule has 2 aromatic heterocycles. The van der Waals surface area contributed by atoms with Gasteiger partial charge in [-0.05, 0) is 57.2 Å². The van der Waals surface area contributed by atoms with E-state index in [1.165, 1.54) is 0 Å². The van der Waals surface area contributed by atoms with Crippen molar-refractivity contribution in [2.24, 2.45) is 5.92 Å². The number of hydrogen-bond donors (Lipinski definition) is 3. The Bertz CT molecular complexity index is 847. The van der Waals surface area contributed by atoms with Crippen LogP contribution in [0.3, 0.4) is 0 Å². The smallest absolute Gasteiger partial charge is 0.269 e. The van der Waals surface area contributed by atoms with Gasteiger partial charge in [-0.2, -0.15) is 5.10 Å². The second-order valence-corrected chi connectivity index (χ2v) is 7.54. The van der Waals surface area contributed by atoms with E-state index in [0.717, 1.165) is 37.1 Å². The number of carbonyl (C=O) groups is 2. The minimum absolute atomic E-state index is 0.0233.